The van der Waals surface area contributed by atoms with Gasteiger partial charge in [-0.3, -0.25) is 4.79 Å². The number of thioether (sulfide) groups is 1. The van der Waals surface area contributed by atoms with Crippen LogP contribution in [0.3, 0.4) is 0 Å². The summed E-state index contributed by atoms with van der Waals surface area (Å²) >= 11 is 0.984. The van der Waals surface area contributed by atoms with Gasteiger partial charge in [0.15, 0.2) is 0 Å². The summed E-state index contributed by atoms with van der Waals surface area (Å²) in [6.07, 6.45) is 1.61. The number of carboxylic acids is 1. The molecule has 0 fully saturated rings. The molecule has 0 amide bonds. The second kappa shape index (κ2) is 6.19. The fourth-order valence-electron chi connectivity index (χ4n) is 0.767. The molecule has 1 heterocycles. The summed E-state index contributed by atoms with van der Waals surface area (Å²) in [5.74, 6) is -1.38. The van der Waals surface area contributed by atoms with Gasteiger partial charge in [-0.2, -0.15) is 0 Å². The van der Waals surface area contributed by atoms with Crippen LogP contribution in [-0.2, 0) is 0 Å². The molecule has 0 radical (unpaired) electrons. The standard InChI is InChI=1S/C8H7NO3S.Na/c1-13-8(12)6-4-2-3-5(9-6)7(10)11;/h2-4H,1H3,(H,10,11);/q;+1/p-1. The summed E-state index contributed by atoms with van der Waals surface area (Å²) in [5.41, 5.74) is -0.0888. The van der Waals surface area contributed by atoms with Crippen molar-refractivity contribution in [2.75, 3.05) is 6.26 Å². The Morgan fingerprint density at radius 2 is 1.93 bits per heavy atom. The van der Waals surface area contributed by atoms with Crippen molar-refractivity contribution >= 4 is 22.8 Å². The molecule has 1 aromatic rings. The van der Waals surface area contributed by atoms with Gasteiger partial charge in [0.2, 0.25) is 5.12 Å². The maximum Gasteiger partial charge on any atom is 1.00 e. The fraction of sp³-hybridized carbons (Fsp3) is 0.125. The monoisotopic (exact) mass is 219 g/mol. The Labute approximate surface area is 107 Å². The van der Waals surface area contributed by atoms with Gasteiger partial charge >= 0.3 is 29.6 Å². The molecule has 0 bridgehead atoms. The van der Waals surface area contributed by atoms with E-state index in [4.69, 9.17) is 0 Å². The number of aromatic nitrogens is 1. The van der Waals surface area contributed by atoms with E-state index in [0.717, 1.165) is 11.8 Å². The molecule has 1 rings (SSSR count). The van der Waals surface area contributed by atoms with Crippen LogP contribution in [0.5, 0.6) is 0 Å². The van der Waals surface area contributed by atoms with E-state index in [0.29, 0.717) is 0 Å². The molecule has 0 saturated heterocycles. The number of aromatic carboxylic acids is 1. The van der Waals surface area contributed by atoms with Gasteiger partial charge in [-0.1, -0.05) is 17.8 Å². The van der Waals surface area contributed by atoms with Crippen molar-refractivity contribution in [3.63, 3.8) is 0 Å². The minimum absolute atomic E-state index is 0. The van der Waals surface area contributed by atoms with E-state index in [-0.39, 0.29) is 46.1 Å². The van der Waals surface area contributed by atoms with Gasteiger partial charge in [0.1, 0.15) is 5.69 Å². The Balaban J connectivity index is 0.00000169. The molecule has 14 heavy (non-hydrogen) atoms. The van der Waals surface area contributed by atoms with E-state index in [2.05, 4.69) is 4.98 Å². The predicted molar refractivity (Wildman–Crippen MR) is 46.4 cm³/mol. The first-order chi connectivity index (χ1) is 6.15. The molecule has 0 saturated carbocycles. The molecule has 0 unspecified atom stereocenters. The quantitative estimate of drug-likeness (QED) is 0.494. The van der Waals surface area contributed by atoms with E-state index in [1.54, 1.807) is 6.26 Å². The molecule has 1 aromatic heterocycles. The molecule has 0 spiro atoms. The van der Waals surface area contributed by atoms with Gasteiger partial charge in [-0.25, -0.2) is 4.98 Å². The summed E-state index contributed by atoms with van der Waals surface area (Å²) in [6, 6.07) is 4.21. The van der Waals surface area contributed by atoms with Crippen molar-refractivity contribution in [1.29, 1.82) is 0 Å². The number of rotatable bonds is 2. The van der Waals surface area contributed by atoms with E-state index in [9.17, 15) is 14.7 Å². The minimum Gasteiger partial charge on any atom is -0.543 e. The minimum atomic E-state index is -1.38. The molecule has 0 aliphatic rings. The zero-order chi connectivity index (χ0) is 9.84. The van der Waals surface area contributed by atoms with E-state index in [1.807, 2.05) is 0 Å². The zero-order valence-electron chi connectivity index (χ0n) is 7.81. The van der Waals surface area contributed by atoms with Gasteiger partial charge in [0, 0.05) is 0 Å². The first kappa shape index (κ1) is 13.6. The predicted octanol–water partition coefficient (Wildman–Crippen LogP) is -3.05. The van der Waals surface area contributed by atoms with Crippen LogP contribution in [0, 0.1) is 0 Å². The number of pyridine rings is 1. The average Bonchev–Trinajstić information content (AvgIpc) is 2.17. The fourth-order valence-corrected chi connectivity index (χ4v) is 1.09. The Morgan fingerprint density at radius 1 is 1.36 bits per heavy atom. The Morgan fingerprint density at radius 3 is 2.43 bits per heavy atom. The summed E-state index contributed by atoms with van der Waals surface area (Å²) < 4.78 is 0. The first-order valence-electron chi connectivity index (χ1n) is 3.42. The second-order valence-electron chi connectivity index (χ2n) is 2.19. The Bertz CT molecular complexity index is 356. The van der Waals surface area contributed by atoms with Gasteiger partial charge in [0.05, 0.1) is 11.7 Å². The Hall–Kier alpha value is -0.360. The van der Waals surface area contributed by atoms with Gasteiger partial charge in [-0.15, -0.1) is 0 Å². The van der Waals surface area contributed by atoms with Crippen LogP contribution in [-0.4, -0.2) is 22.3 Å². The third-order valence-corrected chi connectivity index (χ3v) is 1.93. The normalized spacial score (nSPS) is 8.93. The summed E-state index contributed by atoms with van der Waals surface area (Å²) in [5, 5.41) is 10.1. The van der Waals surface area contributed by atoms with Crippen LogP contribution in [0.25, 0.3) is 0 Å². The number of carbonyl (C=O) groups excluding carboxylic acids is 2. The van der Waals surface area contributed by atoms with Crippen molar-refractivity contribution in [2.45, 2.75) is 0 Å². The molecule has 0 aliphatic carbocycles. The molecule has 0 aliphatic heterocycles. The molecular weight excluding hydrogens is 213 g/mol. The van der Waals surface area contributed by atoms with Crippen LogP contribution < -0.4 is 34.7 Å². The number of hydrogen-bond acceptors (Lipinski definition) is 5. The van der Waals surface area contributed by atoms with Crippen molar-refractivity contribution in [2.24, 2.45) is 0 Å². The SMILES string of the molecule is CSC(=O)c1cccc(C(=O)[O-])n1.[Na+]. The third-order valence-electron chi connectivity index (χ3n) is 1.35. The van der Waals surface area contributed by atoms with Crippen LogP contribution >= 0.6 is 11.8 Å². The molecule has 0 N–H and O–H groups in total. The first-order valence-corrected chi connectivity index (χ1v) is 4.64. The maximum absolute atomic E-state index is 11.1. The van der Waals surface area contributed by atoms with E-state index < -0.39 is 5.97 Å². The summed E-state index contributed by atoms with van der Waals surface area (Å²) in [4.78, 5) is 25.1. The van der Waals surface area contributed by atoms with Crippen molar-refractivity contribution in [3.05, 3.63) is 29.6 Å². The van der Waals surface area contributed by atoms with Crippen molar-refractivity contribution in [3.8, 4) is 0 Å². The smallest absolute Gasteiger partial charge is 0.543 e. The second-order valence-corrected chi connectivity index (χ2v) is 2.97. The number of nitrogens with zero attached hydrogens (tertiary/aromatic N) is 1. The van der Waals surface area contributed by atoms with Crippen LogP contribution in [0.2, 0.25) is 0 Å². The van der Waals surface area contributed by atoms with Gasteiger partial charge < -0.3 is 9.90 Å². The van der Waals surface area contributed by atoms with Crippen molar-refractivity contribution < 1.29 is 44.3 Å². The third kappa shape index (κ3) is 3.42. The largest absolute Gasteiger partial charge is 1.00 e. The topological polar surface area (TPSA) is 70.1 Å². The summed E-state index contributed by atoms with van der Waals surface area (Å²) in [6.45, 7) is 0. The maximum atomic E-state index is 11.1. The van der Waals surface area contributed by atoms with Crippen LogP contribution in [0.1, 0.15) is 21.0 Å². The number of carboxylic acid groups (broad SMARTS) is 1. The number of hydrogen-bond donors (Lipinski definition) is 0. The molecule has 0 aromatic carbocycles. The number of carbonyl (C=O) groups is 2. The molecular formula is C8H6NNaO3S. The van der Waals surface area contributed by atoms with Crippen molar-refractivity contribution in [1.82, 2.24) is 4.98 Å². The van der Waals surface area contributed by atoms with Gasteiger partial charge in [0.25, 0.3) is 0 Å². The molecule has 68 valence electrons. The molecule has 4 nitrogen and oxygen atoms in total. The molecule has 0 atom stereocenters. The summed E-state index contributed by atoms with van der Waals surface area (Å²) in [7, 11) is 0. The van der Waals surface area contributed by atoms with Gasteiger partial charge in [-0.05, 0) is 18.4 Å². The zero-order valence-corrected chi connectivity index (χ0v) is 10.6. The van der Waals surface area contributed by atoms with E-state index in [1.165, 1.54) is 18.2 Å². The molecule has 6 heteroatoms. The van der Waals surface area contributed by atoms with Crippen LogP contribution in [0.4, 0.5) is 0 Å². The Kier molecular flexibility index (Phi) is 6.03. The average molecular weight is 219 g/mol. The van der Waals surface area contributed by atoms with E-state index >= 15 is 0 Å². The van der Waals surface area contributed by atoms with Crippen LogP contribution in [0.15, 0.2) is 18.2 Å².